The van der Waals surface area contributed by atoms with E-state index in [1.54, 1.807) is 7.11 Å². The fourth-order valence-corrected chi connectivity index (χ4v) is 1.74. The number of methoxy groups -OCH3 is 1. The van der Waals surface area contributed by atoms with Gasteiger partial charge in [-0.2, -0.15) is 0 Å². The molecular formula is C14H22N2O2. The molecule has 1 rings (SSSR count). The van der Waals surface area contributed by atoms with E-state index >= 15 is 0 Å². The average molecular weight is 250 g/mol. The lowest BCUT2D eigenvalue weighted by atomic mass is 10.0. The Bertz CT molecular complexity index is 417. The van der Waals surface area contributed by atoms with Crippen molar-refractivity contribution in [3.05, 3.63) is 28.8 Å². The Kier molecular flexibility index (Phi) is 5.49. The molecule has 0 atom stereocenters. The van der Waals surface area contributed by atoms with Gasteiger partial charge in [-0.1, -0.05) is 13.0 Å². The topological polar surface area (TPSA) is 50.4 Å². The summed E-state index contributed by atoms with van der Waals surface area (Å²) < 4.78 is 5.26. The molecule has 0 saturated heterocycles. The first kappa shape index (κ1) is 14.4. The predicted octanol–water partition coefficient (Wildman–Crippen LogP) is 2.52. The molecule has 1 aromatic rings. The van der Waals surface area contributed by atoms with E-state index < -0.39 is 0 Å². The summed E-state index contributed by atoms with van der Waals surface area (Å²) in [6.07, 6.45) is 0.939. The molecule has 0 heterocycles. The maximum absolute atomic E-state index is 11.4. The minimum absolute atomic E-state index is 0.121. The summed E-state index contributed by atoms with van der Waals surface area (Å²) in [5.74, 6) is 0.881. The molecule has 2 amide bonds. The molecule has 0 aliphatic rings. The number of nitrogens with one attached hydrogen (secondary N) is 2. The van der Waals surface area contributed by atoms with Crippen LogP contribution in [-0.2, 0) is 6.54 Å². The number of benzene rings is 1. The summed E-state index contributed by atoms with van der Waals surface area (Å²) in [6.45, 7) is 7.32. The highest BCUT2D eigenvalue weighted by Gasteiger charge is 2.07. The molecule has 4 heteroatoms. The van der Waals surface area contributed by atoms with Crippen LogP contribution < -0.4 is 15.4 Å². The maximum Gasteiger partial charge on any atom is 0.315 e. The minimum atomic E-state index is -0.121. The van der Waals surface area contributed by atoms with Gasteiger partial charge in [0.25, 0.3) is 0 Å². The normalized spacial score (nSPS) is 10.0. The highest BCUT2D eigenvalue weighted by atomic mass is 16.5. The third-order valence-corrected chi connectivity index (χ3v) is 3.04. The lowest BCUT2D eigenvalue weighted by molar-refractivity contribution is 0.240. The third kappa shape index (κ3) is 3.65. The number of hydrogen-bond acceptors (Lipinski definition) is 2. The zero-order valence-electron chi connectivity index (χ0n) is 11.6. The van der Waals surface area contributed by atoms with E-state index in [4.69, 9.17) is 4.74 Å². The van der Waals surface area contributed by atoms with Crippen LogP contribution in [0.25, 0.3) is 0 Å². The molecule has 0 spiro atoms. The van der Waals surface area contributed by atoms with Gasteiger partial charge in [-0.05, 0) is 43.0 Å². The molecule has 1 aromatic carbocycles. The van der Waals surface area contributed by atoms with Crippen LogP contribution in [0.1, 0.15) is 30.0 Å². The van der Waals surface area contributed by atoms with Crippen molar-refractivity contribution < 1.29 is 9.53 Å². The van der Waals surface area contributed by atoms with Crippen molar-refractivity contribution in [3.63, 3.8) is 0 Å². The van der Waals surface area contributed by atoms with Crippen LogP contribution in [-0.4, -0.2) is 19.7 Å². The SMILES string of the molecule is CCCNC(=O)NCc1ccc(OC)c(C)c1C. The predicted molar refractivity (Wildman–Crippen MR) is 73.0 cm³/mol. The van der Waals surface area contributed by atoms with Gasteiger partial charge in [0.05, 0.1) is 7.11 Å². The summed E-state index contributed by atoms with van der Waals surface area (Å²) in [5, 5.41) is 5.63. The summed E-state index contributed by atoms with van der Waals surface area (Å²) in [5.41, 5.74) is 3.39. The summed E-state index contributed by atoms with van der Waals surface area (Å²) in [4.78, 5) is 11.4. The summed E-state index contributed by atoms with van der Waals surface area (Å²) >= 11 is 0. The second kappa shape index (κ2) is 6.89. The quantitative estimate of drug-likeness (QED) is 0.843. The summed E-state index contributed by atoms with van der Waals surface area (Å²) in [7, 11) is 1.66. The zero-order chi connectivity index (χ0) is 13.5. The molecule has 0 saturated carbocycles. The first-order valence-electron chi connectivity index (χ1n) is 6.24. The van der Waals surface area contributed by atoms with Gasteiger partial charge in [-0.25, -0.2) is 4.79 Å². The van der Waals surface area contributed by atoms with Gasteiger partial charge in [0.15, 0.2) is 0 Å². The first-order valence-corrected chi connectivity index (χ1v) is 6.24. The van der Waals surface area contributed by atoms with Crippen molar-refractivity contribution in [2.24, 2.45) is 0 Å². The molecular weight excluding hydrogens is 228 g/mol. The van der Waals surface area contributed by atoms with Gasteiger partial charge in [0, 0.05) is 13.1 Å². The van der Waals surface area contributed by atoms with Gasteiger partial charge in [0.1, 0.15) is 5.75 Å². The van der Waals surface area contributed by atoms with Crippen LogP contribution in [0.5, 0.6) is 5.75 Å². The van der Waals surface area contributed by atoms with Gasteiger partial charge < -0.3 is 15.4 Å². The number of carbonyl (C=O) groups excluding carboxylic acids is 1. The lowest BCUT2D eigenvalue weighted by Gasteiger charge is -2.13. The third-order valence-electron chi connectivity index (χ3n) is 3.04. The fourth-order valence-electron chi connectivity index (χ4n) is 1.74. The molecule has 4 nitrogen and oxygen atoms in total. The van der Waals surface area contributed by atoms with Crippen LogP contribution in [0.2, 0.25) is 0 Å². The molecule has 2 N–H and O–H groups in total. The fraction of sp³-hybridized carbons (Fsp3) is 0.500. The Morgan fingerprint density at radius 3 is 2.56 bits per heavy atom. The lowest BCUT2D eigenvalue weighted by Crippen LogP contribution is -2.35. The van der Waals surface area contributed by atoms with Crippen LogP contribution in [0.3, 0.4) is 0 Å². The number of urea groups is 1. The van der Waals surface area contributed by atoms with Gasteiger partial charge >= 0.3 is 6.03 Å². The minimum Gasteiger partial charge on any atom is -0.496 e. The smallest absolute Gasteiger partial charge is 0.315 e. The standard InChI is InChI=1S/C14H22N2O2/c1-5-8-15-14(17)16-9-12-6-7-13(18-4)11(3)10(12)2/h6-7H,5,8-9H2,1-4H3,(H2,15,16,17). The highest BCUT2D eigenvalue weighted by Crippen LogP contribution is 2.23. The Balaban J connectivity index is 2.63. The second-order valence-corrected chi connectivity index (χ2v) is 4.29. The molecule has 0 aliphatic carbocycles. The largest absolute Gasteiger partial charge is 0.496 e. The number of rotatable bonds is 5. The van der Waals surface area contributed by atoms with Crippen LogP contribution >= 0.6 is 0 Å². The van der Waals surface area contributed by atoms with E-state index in [9.17, 15) is 4.79 Å². The number of hydrogen-bond donors (Lipinski definition) is 2. The Morgan fingerprint density at radius 1 is 1.22 bits per heavy atom. The highest BCUT2D eigenvalue weighted by molar-refractivity contribution is 5.73. The maximum atomic E-state index is 11.4. The molecule has 0 fully saturated rings. The number of amides is 2. The Morgan fingerprint density at radius 2 is 1.94 bits per heavy atom. The van der Waals surface area contributed by atoms with Gasteiger partial charge in [-0.3, -0.25) is 0 Å². The summed E-state index contributed by atoms with van der Waals surface area (Å²) in [6, 6.07) is 3.80. The van der Waals surface area contributed by atoms with E-state index in [-0.39, 0.29) is 6.03 Å². The molecule has 0 aromatic heterocycles. The van der Waals surface area contributed by atoms with Crippen molar-refractivity contribution in [2.45, 2.75) is 33.7 Å². The molecule has 0 aliphatic heterocycles. The van der Waals surface area contributed by atoms with Gasteiger partial charge in [0.2, 0.25) is 0 Å². The average Bonchev–Trinajstić information content (AvgIpc) is 2.38. The van der Waals surface area contributed by atoms with Crippen molar-refractivity contribution in [3.8, 4) is 5.75 Å². The molecule has 18 heavy (non-hydrogen) atoms. The Labute approximate surface area is 109 Å². The van der Waals surface area contributed by atoms with Crippen LogP contribution in [0.4, 0.5) is 4.79 Å². The second-order valence-electron chi connectivity index (χ2n) is 4.29. The molecule has 0 unspecified atom stereocenters. The van der Waals surface area contributed by atoms with Crippen LogP contribution in [0, 0.1) is 13.8 Å². The Hall–Kier alpha value is -1.71. The number of ether oxygens (including phenoxy) is 1. The van der Waals surface area contributed by atoms with E-state index in [1.165, 1.54) is 0 Å². The molecule has 100 valence electrons. The monoisotopic (exact) mass is 250 g/mol. The first-order chi connectivity index (χ1) is 8.60. The van der Waals surface area contributed by atoms with E-state index in [1.807, 2.05) is 32.9 Å². The number of carbonyl (C=O) groups is 1. The van der Waals surface area contributed by atoms with Gasteiger partial charge in [-0.15, -0.1) is 0 Å². The van der Waals surface area contributed by atoms with E-state index in [0.717, 1.165) is 28.9 Å². The molecule has 0 radical (unpaired) electrons. The van der Waals surface area contributed by atoms with Crippen molar-refractivity contribution in [2.75, 3.05) is 13.7 Å². The molecule has 0 bridgehead atoms. The van der Waals surface area contributed by atoms with Crippen molar-refractivity contribution in [1.82, 2.24) is 10.6 Å². The van der Waals surface area contributed by atoms with E-state index in [2.05, 4.69) is 10.6 Å². The van der Waals surface area contributed by atoms with E-state index in [0.29, 0.717) is 13.1 Å². The van der Waals surface area contributed by atoms with Crippen LogP contribution in [0.15, 0.2) is 12.1 Å². The zero-order valence-corrected chi connectivity index (χ0v) is 11.6. The van der Waals surface area contributed by atoms with Crippen molar-refractivity contribution in [1.29, 1.82) is 0 Å². The van der Waals surface area contributed by atoms with Crippen molar-refractivity contribution >= 4 is 6.03 Å².